The van der Waals surface area contributed by atoms with E-state index in [-0.39, 0.29) is 52.0 Å². The van der Waals surface area contributed by atoms with Crippen LogP contribution in [0.3, 0.4) is 0 Å². The molecule has 0 aliphatic rings. The Morgan fingerprint density at radius 2 is 0.762 bits per heavy atom. The number of carboxylic acids is 1. The number of aromatic nitrogens is 6. The summed E-state index contributed by atoms with van der Waals surface area (Å²) in [5, 5.41) is 23.3. The van der Waals surface area contributed by atoms with Gasteiger partial charge in [0, 0.05) is 40.5 Å². The number of halogens is 3. The fraction of sp³-hybridized carbons (Fsp3) is 0.655. The van der Waals surface area contributed by atoms with Crippen molar-refractivity contribution in [3.63, 3.8) is 0 Å². The summed E-state index contributed by atoms with van der Waals surface area (Å²) in [5.41, 5.74) is 6.77. The fourth-order valence-corrected chi connectivity index (χ4v) is 8.80. The molecule has 0 atom stereocenters. The molecule has 13 heteroatoms. The summed E-state index contributed by atoms with van der Waals surface area (Å²) < 4.78 is 10.0. The summed E-state index contributed by atoms with van der Waals surface area (Å²) in [5.74, 6) is 0.819. The molecule has 0 aliphatic carbocycles. The Morgan fingerprint density at radius 1 is 0.571 bits per heavy atom. The van der Waals surface area contributed by atoms with Gasteiger partial charge in [-0.1, -0.05) is 83.1 Å². The molecule has 3 aromatic rings. The van der Waals surface area contributed by atoms with Gasteiger partial charge in [0.2, 0.25) is 0 Å². The Kier molecular flexibility index (Phi) is 14.8. The SMILES string of the molecule is CC(=O)O.CC(C)c1nn([BH-](n2nc(C(C)C)c(Br)c2C(C)C)n2nc(C(C)C)c(Br)c2C(C)C)c(C(C)C)c1Br.[Ni]. The summed E-state index contributed by atoms with van der Waals surface area (Å²) in [6, 6.07) is 0. The molecule has 42 heavy (non-hydrogen) atoms. The summed E-state index contributed by atoms with van der Waals surface area (Å²) >= 11 is 11.8. The number of carboxylic acid groups (broad SMARTS) is 1. The molecule has 0 bridgehead atoms. The molecule has 8 nitrogen and oxygen atoms in total. The monoisotopic (exact) mass is 817 g/mol. The van der Waals surface area contributed by atoms with Crippen molar-refractivity contribution in [2.24, 2.45) is 0 Å². The zero-order valence-corrected chi connectivity index (χ0v) is 32.9. The van der Waals surface area contributed by atoms with Gasteiger partial charge in [0.25, 0.3) is 5.97 Å². The maximum Gasteiger partial charge on any atom is 0.326 e. The van der Waals surface area contributed by atoms with Crippen LogP contribution in [-0.2, 0) is 21.3 Å². The van der Waals surface area contributed by atoms with Gasteiger partial charge in [0.1, 0.15) is 0 Å². The van der Waals surface area contributed by atoms with E-state index in [1.54, 1.807) is 0 Å². The molecule has 0 unspecified atom stereocenters. The normalized spacial score (nSPS) is 11.9. The van der Waals surface area contributed by atoms with Crippen LogP contribution in [0.5, 0.6) is 0 Å². The number of nitrogens with zero attached hydrogens (tertiary/aromatic N) is 6. The molecule has 0 saturated heterocycles. The van der Waals surface area contributed by atoms with Crippen LogP contribution in [0.2, 0.25) is 0 Å². The molecule has 3 aromatic heterocycles. The standard InChI is InChI=1S/C27H43BBr3N6.C2H4O2.Ni/c1-13(2)22-19(29)25(16(7)8)35(32-22)28(36-26(17(9)10)20(30)23(33-36)14(3)4)37-27(18(11)12)21(31)24(34-37)15(5)6;1-2(3)4;/h13-18,28H,1-12H3;1H3,(H,3,4);/q-1;;. The molecule has 0 aromatic carbocycles. The van der Waals surface area contributed by atoms with E-state index < -0.39 is 13.1 Å². The minimum Gasteiger partial charge on any atom is -0.481 e. The van der Waals surface area contributed by atoms with Gasteiger partial charge >= 0.3 is 7.12 Å². The van der Waals surface area contributed by atoms with Gasteiger partial charge in [-0.3, -0.25) is 4.79 Å². The van der Waals surface area contributed by atoms with E-state index in [0.29, 0.717) is 0 Å². The third-order valence-electron chi connectivity index (χ3n) is 6.95. The number of aliphatic carboxylic acids is 1. The molecule has 0 aliphatic heterocycles. The minimum atomic E-state index is -1.61. The molecule has 0 radical (unpaired) electrons. The predicted octanol–water partition coefficient (Wildman–Crippen LogP) is 9.05. The van der Waals surface area contributed by atoms with Gasteiger partial charge in [-0.25, -0.2) is 15.3 Å². The summed E-state index contributed by atoms with van der Waals surface area (Å²) in [7, 11) is -1.61. The summed E-state index contributed by atoms with van der Waals surface area (Å²) in [4.78, 5) is 9.00. The first kappa shape index (κ1) is 39.1. The first-order valence-electron chi connectivity index (χ1n) is 14.5. The van der Waals surface area contributed by atoms with E-state index in [0.717, 1.165) is 37.4 Å². The number of carbonyl (C=O) groups is 1. The van der Waals surface area contributed by atoms with Crippen LogP contribution < -0.4 is 0 Å². The van der Waals surface area contributed by atoms with Crippen LogP contribution in [-0.4, -0.2) is 47.3 Å². The second-order valence-corrected chi connectivity index (χ2v) is 15.0. The smallest absolute Gasteiger partial charge is 0.326 e. The van der Waals surface area contributed by atoms with Crippen LogP contribution in [0, 0.1) is 0 Å². The zero-order valence-electron chi connectivity index (χ0n) is 27.2. The van der Waals surface area contributed by atoms with Crippen LogP contribution in [0.25, 0.3) is 0 Å². The fourth-order valence-electron chi connectivity index (χ4n) is 5.21. The van der Waals surface area contributed by atoms with Crippen molar-refractivity contribution >= 4 is 60.9 Å². The van der Waals surface area contributed by atoms with Gasteiger partial charge in [-0.05, 0) is 83.3 Å². The average molecular weight is 821 g/mol. The Hall–Kier alpha value is -0.902. The van der Waals surface area contributed by atoms with Crippen LogP contribution in [0.4, 0.5) is 0 Å². The first-order chi connectivity index (χ1) is 18.8. The van der Waals surface area contributed by atoms with Gasteiger partial charge in [0.15, 0.2) is 0 Å². The van der Waals surface area contributed by atoms with E-state index in [1.165, 1.54) is 17.1 Å². The average Bonchev–Trinajstić information content (AvgIpc) is 3.45. The largest absolute Gasteiger partial charge is 0.481 e. The van der Waals surface area contributed by atoms with Crippen molar-refractivity contribution in [3.05, 3.63) is 47.6 Å². The number of hydrogen-bond acceptors (Lipinski definition) is 4. The Labute approximate surface area is 287 Å². The Balaban J connectivity index is 0.00000165. The Bertz CT molecular complexity index is 1210. The molecule has 0 spiro atoms. The van der Waals surface area contributed by atoms with E-state index >= 15 is 0 Å². The maximum atomic E-state index is 9.00. The first-order valence-corrected chi connectivity index (χ1v) is 16.9. The van der Waals surface area contributed by atoms with Gasteiger partial charge in [-0.2, -0.15) is 0 Å². The topological polar surface area (TPSA) is 90.8 Å². The molecule has 0 amide bonds. The number of rotatable bonds is 9. The summed E-state index contributed by atoms with van der Waals surface area (Å²) in [6.07, 6.45) is 0. The second kappa shape index (κ2) is 15.9. The molecule has 3 rings (SSSR count). The van der Waals surface area contributed by atoms with Crippen molar-refractivity contribution in [1.29, 1.82) is 0 Å². The molecular weight excluding hydrogens is 774 g/mol. The van der Waals surface area contributed by atoms with Gasteiger partial charge in [0.05, 0.1) is 30.5 Å². The van der Waals surface area contributed by atoms with Crippen LogP contribution in [0.15, 0.2) is 13.4 Å². The van der Waals surface area contributed by atoms with Crippen molar-refractivity contribution in [2.75, 3.05) is 0 Å². The number of hydrogen-bond donors (Lipinski definition) is 1. The zero-order chi connectivity index (χ0) is 31.7. The predicted molar refractivity (Wildman–Crippen MR) is 181 cm³/mol. The maximum absolute atomic E-state index is 9.00. The van der Waals surface area contributed by atoms with Crippen molar-refractivity contribution < 1.29 is 26.4 Å². The molecular formula is C29H47BBr3N6NiO2-. The van der Waals surface area contributed by atoms with Crippen molar-refractivity contribution in [3.8, 4) is 0 Å². The van der Waals surface area contributed by atoms with Crippen molar-refractivity contribution in [2.45, 2.75) is 126 Å². The van der Waals surface area contributed by atoms with E-state index in [1.807, 2.05) is 0 Å². The molecule has 0 saturated carbocycles. The second-order valence-electron chi connectivity index (χ2n) is 12.6. The van der Waals surface area contributed by atoms with Crippen LogP contribution in [0.1, 0.15) is 160 Å². The molecule has 240 valence electrons. The quantitative estimate of drug-likeness (QED) is 0.218. The van der Waals surface area contributed by atoms with Crippen molar-refractivity contribution in [1.82, 2.24) is 29.1 Å². The summed E-state index contributed by atoms with van der Waals surface area (Å²) in [6.45, 7) is 27.7. The van der Waals surface area contributed by atoms with Crippen LogP contribution >= 0.6 is 47.8 Å². The van der Waals surface area contributed by atoms with Gasteiger partial charge < -0.3 is 18.9 Å². The van der Waals surface area contributed by atoms with E-state index in [2.05, 4.69) is 145 Å². The molecule has 0 fully saturated rings. The Morgan fingerprint density at radius 3 is 0.905 bits per heavy atom. The van der Waals surface area contributed by atoms with E-state index in [9.17, 15) is 0 Å². The van der Waals surface area contributed by atoms with Gasteiger partial charge in [-0.15, -0.1) is 0 Å². The molecule has 3 heterocycles. The third-order valence-corrected chi connectivity index (χ3v) is 9.39. The minimum absolute atomic E-state index is 0. The third kappa shape index (κ3) is 8.22. The molecule has 1 N–H and O–H groups in total. The van der Waals surface area contributed by atoms with E-state index in [4.69, 9.17) is 25.2 Å².